The maximum atomic E-state index is 13.0. The Balaban J connectivity index is 2.34. The maximum Gasteiger partial charge on any atom is 0.244 e. The van der Waals surface area contributed by atoms with E-state index in [1.54, 1.807) is 0 Å². The molecule has 0 atom stereocenters. The molecule has 18 heavy (non-hydrogen) atoms. The number of sulfonamides is 1. The standard InChI is InChI=1S/C11H13BrFNO3S/c12-10-8-9(13)2-3-11(10)18(15,16)14-4-1-6-17-7-5-14/h2-3,8H,1,4-7H2. The third kappa shape index (κ3) is 2.90. The summed E-state index contributed by atoms with van der Waals surface area (Å²) in [7, 11) is -3.59. The molecule has 7 heteroatoms. The Morgan fingerprint density at radius 2 is 2.06 bits per heavy atom. The Bertz CT molecular complexity index is 527. The third-order valence-electron chi connectivity index (χ3n) is 2.69. The molecule has 1 saturated heterocycles. The lowest BCUT2D eigenvalue weighted by molar-refractivity contribution is 0.148. The van der Waals surface area contributed by atoms with Crippen LogP contribution in [0.15, 0.2) is 27.6 Å². The van der Waals surface area contributed by atoms with Gasteiger partial charge in [-0.3, -0.25) is 0 Å². The second-order valence-corrected chi connectivity index (χ2v) is 6.71. The van der Waals surface area contributed by atoms with Gasteiger partial charge in [0.15, 0.2) is 0 Å². The number of ether oxygens (including phenoxy) is 1. The first-order chi connectivity index (χ1) is 8.51. The molecule has 1 aromatic carbocycles. The van der Waals surface area contributed by atoms with Crippen LogP contribution >= 0.6 is 15.9 Å². The molecule has 0 saturated carbocycles. The van der Waals surface area contributed by atoms with E-state index in [9.17, 15) is 12.8 Å². The van der Waals surface area contributed by atoms with E-state index in [0.717, 1.165) is 12.1 Å². The van der Waals surface area contributed by atoms with Crippen molar-refractivity contribution >= 4 is 26.0 Å². The molecule has 4 nitrogen and oxygen atoms in total. The zero-order chi connectivity index (χ0) is 13.2. The van der Waals surface area contributed by atoms with E-state index < -0.39 is 15.8 Å². The molecule has 0 amide bonds. The highest BCUT2D eigenvalue weighted by Gasteiger charge is 2.27. The highest BCUT2D eigenvalue weighted by atomic mass is 79.9. The van der Waals surface area contributed by atoms with E-state index in [4.69, 9.17) is 4.74 Å². The van der Waals surface area contributed by atoms with E-state index in [2.05, 4.69) is 15.9 Å². The zero-order valence-electron chi connectivity index (χ0n) is 9.60. The molecule has 0 aliphatic carbocycles. The van der Waals surface area contributed by atoms with Crippen LogP contribution in [0.3, 0.4) is 0 Å². The van der Waals surface area contributed by atoms with Crippen molar-refractivity contribution < 1.29 is 17.5 Å². The number of hydrogen-bond acceptors (Lipinski definition) is 3. The fraction of sp³-hybridized carbons (Fsp3) is 0.455. The van der Waals surface area contributed by atoms with Crippen molar-refractivity contribution in [3.63, 3.8) is 0 Å². The number of hydrogen-bond donors (Lipinski definition) is 0. The first-order valence-electron chi connectivity index (χ1n) is 5.55. The van der Waals surface area contributed by atoms with E-state index in [-0.39, 0.29) is 9.37 Å². The molecule has 0 unspecified atom stereocenters. The molecule has 100 valence electrons. The van der Waals surface area contributed by atoms with Gasteiger partial charge in [0, 0.05) is 24.2 Å². The Hall–Kier alpha value is -0.500. The monoisotopic (exact) mass is 337 g/mol. The lowest BCUT2D eigenvalue weighted by atomic mass is 10.3. The van der Waals surface area contributed by atoms with Gasteiger partial charge in [0.25, 0.3) is 0 Å². The van der Waals surface area contributed by atoms with Gasteiger partial charge in [-0.1, -0.05) is 0 Å². The topological polar surface area (TPSA) is 46.6 Å². The van der Waals surface area contributed by atoms with Gasteiger partial charge >= 0.3 is 0 Å². The predicted octanol–water partition coefficient (Wildman–Crippen LogP) is 2.00. The first-order valence-corrected chi connectivity index (χ1v) is 7.78. The lowest BCUT2D eigenvalue weighted by Crippen LogP contribution is -2.33. The number of benzene rings is 1. The van der Waals surface area contributed by atoms with Crippen LogP contribution in [-0.4, -0.2) is 39.0 Å². The molecule has 1 aliphatic heterocycles. The molecule has 1 aliphatic rings. The van der Waals surface area contributed by atoms with Crippen molar-refractivity contribution in [1.82, 2.24) is 4.31 Å². The number of halogens is 2. The molecular weight excluding hydrogens is 325 g/mol. The smallest absolute Gasteiger partial charge is 0.244 e. The van der Waals surface area contributed by atoms with Crippen LogP contribution in [0.25, 0.3) is 0 Å². The molecule has 1 fully saturated rings. The highest BCUT2D eigenvalue weighted by Crippen LogP contribution is 2.26. The van der Waals surface area contributed by atoms with Crippen molar-refractivity contribution in [2.45, 2.75) is 11.3 Å². The van der Waals surface area contributed by atoms with Crippen LogP contribution in [-0.2, 0) is 14.8 Å². The quantitative estimate of drug-likeness (QED) is 0.829. The number of nitrogens with zero attached hydrogens (tertiary/aromatic N) is 1. The van der Waals surface area contributed by atoms with Crippen molar-refractivity contribution in [3.05, 3.63) is 28.5 Å². The van der Waals surface area contributed by atoms with Gasteiger partial charge in [0.2, 0.25) is 10.0 Å². The van der Waals surface area contributed by atoms with E-state index in [0.29, 0.717) is 32.7 Å². The van der Waals surface area contributed by atoms with Gasteiger partial charge in [0.1, 0.15) is 5.82 Å². The summed E-state index contributed by atoms with van der Waals surface area (Å²) >= 11 is 3.09. The number of rotatable bonds is 2. The van der Waals surface area contributed by atoms with Crippen LogP contribution in [0.4, 0.5) is 4.39 Å². The molecule has 0 radical (unpaired) electrons. The minimum atomic E-state index is -3.59. The summed E-state index contributed by atoms with van der Waals surface area (Å²) < 4.78 is 44.6. The SMILES string of the molecule is O=S(=O)(c1ccc(F)cc1Br)N1CCCOCC1. The van der Waals surface area contributed by atoms with E-state index in [1.807, 2.05) is 0 Å². The Morgan fingerprint density at radius 3 is 2.78 bits per heavy atom. The van der Waals surface area contributed by atoms with E-state index >= 15 is 0 Å². The minimum absolute atomic E-state index is 0.0887. The average Bonchev–Trinajstić information content (AvgIpc) is 2.57. The van der Waals surface area contributed by atoms with Crippen molar-refractivity contribution in [1.29, 1.82) is 0 Å². The van der Waals surface area contributed by atoms with Crippen LogP contribution in [0.5, 0.6) is 0 Å². The Kier molecular flexibility index (Phi) is 4.37. The molecule has 1 heterocycles. The molecule has 1 aromatic rings. The van der Waals surface area contributed by atoms with Gasteiger partial charge in [-0.05, 0) is 40.5 Å². The molecule has 0 bridgehead atoms. The van der Waals surface area contributed by atoms with Gasteiger partial charge < -0.3 is 4.74 Å². The summed E-state index contributed by atoms with van der Waals surface area (Å²) in [6.07, 6.45) is 0.665. The van der Waals surface area contributed by atoms with Crippen molar-refractivity contribution in [3.8, 4) is 0 Å². The molecule has 0 aromatic heterocycles. The third-order valence-corrected chi connectivity index (χ3v) is 5.57. The Labute approximate surface area is 114 Å². The second-order valence-electron chi connectivity index (χ2n) is 3.94. The van der Waals surface area contributed by atoms with Crippen LogP contribution < -0.4 is 0 Å². The van der Waals surface area contributed by atoms with Crippen LogP contribution in [0, 0.1) is 5.82 Å². The molecular formula is C11H13BrFNO3S. The van der Waals surface area contributed by atoms with Gasteiger partial charge in [-0.2, -0.15) is 4.31 Å². The molecule has 2 rings (SSSR count). The van der Waals surface area contributed by atoms with Gasteiger partial charge in [-0.25, -0.2) is 12.8 Å². The Morgan fingerprint density at radius 1 is 1.28 bits per heavy atom. The summed E-state index contributed by atoms with van der Waals surface area (Å²) in [5, 5.41) is 0. The minimum Gasteiger partial charge on any atom is -0.380 e. The fourth-order valence-corrected chi connectivity index (χ4v) is 4.26. The van der Waals surface area contributed by atoms with Crippen LogP contribution in [0.1, 0.15) is 6.42 Å². The van der Waals surface area contributed by atoms with Crippen molar-refractivity contribution in [2.75, 3.05) is 26.3 Å². The zero-order valence-corrected chi connectivity index (χ0v) is 12.0. The van der Waals surface area contributed by atoms with Gasteiger partial charge in [-0.15, -0.1) is 0 Å². The van der Waals surface area contributed by atoms with Crippen LogP contribution in [0.2, 0.25) is 0 Å². The largest absolute Gasteiger partial charge is 0.380 e. The second kappa shape index (κ2) is 5.64. The van der Waals surface area contributed by atoms with Gasteiger partial charge in [0.05, 0.1) is 11.5 Å². The average molecular weight is 338 g/mol. The highest BCUT2D eigenvalue weighted by molar-refractivity contribution is 9.10. The summed E-state index contributed by atoms with van der Waals surface area (Å²) in [6, 6.07) is 3.58. The first kappa shape index (κ1) is 13.9. The fourth-order valence-electron chi connectivity index (χ4n) is 1.79. The predicted molar refractivity (Wildman–Crippen MR) is 68.3 cm³/mol. The molecule has 0 N–H and O–H groups in total. The lowest BCUT2D eigenvalue weighted by Gasteiger charge is -2.20. The summed E-state index contributed by atoms with van der Waals surface area (Å²) in [4.78, 5) is 0.0887. The summed E-state index contributed by atoms with van der Waals surface area (Å²) in [6.45, 7) is 1.70. The normalized spacial score (nSPS) is 18.6. The maximum absolute atomic E-state index is 13.0. The summed E-state index contributed by atoms with van der Waals surface area (Å²) in [5.41, 5.74) is 0. The van der Waals surface area contributed by atoms with Crippen molar-refractivity contribution in [2.24, 2.45) is 0 Å². The summed E-state index contributed by atoms with van der Waals surface area (Å²) in [5.74, 6) is -0.472. The van der Waals surface area contributed by atoms with E-state index in [1.165, 1.54) is 10.4 Å². The molecule has 0 spiro atoms.